The standard InChI is InChI=1S/C23H21N3O5S/c1-31-15-8-6-14(7-9-15)12-19-22(29)26(23(30)32-19)11-10-24-21(28)17-13-20(27)25-18-5-3-2-4-16(17)18/h2-9,12,17H,10-11,13H2,1H3,(H,24,28)(H,25,27)/b19-12+. The maximum Gasteiger partial charge on any atom is 0.293 e. The van der Waals surface area contributed by atoms with E-state index in [1.54, 1.807) is 55.7 Å². The Kier molecular flexibility index (Phi) is 6.27. The van der Waals surface area contributed by atoms with Crippen LogP contribution in [0.3, 0.4) is 0 Å². The van der Waals surface area contributed by atoms with Crippen LogP contribution in [0.2, 0.25) is 0 Å². The van der Waals surface area contributed by atoms with Gasteiger partial charge in [0.1, 0.15) is 5.75 Å². The van der Waals surface area contributed by atoms with E-state index in [-0.39, 0.29) is 36.6 Å². The van der Waals surface area contributed by atoms with E-state index in [1.807, 2.05) is 6.07 Å². The molecular weight excluding hydrogens is 430 g/mol. The summed E-state index contributed by atoms with van der Waals surface area (Å²) in [5.41, 5.74) is 2.15. The molecule has 2 aromatic rings. The van der Waals surface area contributed by atoms with Gasteiger partial charge in [-0.1, -0.05) is 30.3 Å². The summed E-state index contributed by atoms with van der Waals surface area (Å²) in [5, 5.41) is 5.12. The van der Waals surface area contributed by atoms with Crippen LogP contribution in [0.25, 0.3) is 6.08 Å². The molecular formula is C23H21N3O5S. The first kappa shape index (κ1) is 21.6. The second kappa shape index (κ2) is 9.27. The van der Waals surface area contributed by atoms with Crippen LogP contribution < -0.4 is 15.4 Å². The van der Waals surface area contributed by atoms with Crippen molar-refractivity contribution in [2.24, 2.45) is 0 Å². The van der Waals surface area contributed by atoms with Gasteiger partial charge in [-0.15, -0.1) is 0 Å². The molecule has 2 N–H and O–H groups in total. The number of hydrogen-bond donors (Lipinski definition) is 2. The average Bonchev–Trinajstić information content (AvgIpc) is 3.06. The molecule has 0 aromatic heterocycles. The van der Waals surface area contributed by atoms with Gasteiger partial charge in [-0.25, -0.2) is 0 Å². The van der Waals surface area contributed by atoms with Gasteiger partial charge in [0.2, 0.25) is 11.8 Å². The molecule has 1 fully saturated rings. The van der Waals surface area contributed by atoms with Crippen LogP contribution in [0.15, 0.2) is 53.4 Å². The smallest absolute Gasteiger partial charge is 0.293 e. The Morgan fingerprint density at radius 1 is 1.19 bits per heavy atom. The van der Waals surface area contributed by atoms with Crippen molar-refractivity contribution in [1.29, 1.82) is 0 Å². The zero-order chi connectivity index (χ0) is 22.7. The first-order valence-corrected chi connectivity index (χ1v) is 10.8. The zero-order valence-corrected chi connectivity index (χ0v) is 18.1. The van der Waals surface area contributed by atoms with Crippen LogP contribution in [0.4, 0.5) is 10.5 Å². The predicted octanol–water partition coefficient (Wildman–Crippen LogP) is 2.97. The van der Waals surface area contributed by atoms with Gasteiger partial charge < -0.3 is 15.4 Å². The van der Waals surface area contributed by atoms with E-state index in [2.05, 4.69) is 10.6 Å². The molecule has 1 unspecified atom stereocenters. The molecule has 2 heterocycles. The minimum atomic E-state index is -0.607. The molecule has 164 valence electrons. The molecule has 0 saturated carbocycles. The van der Waals surface area contributed by atoms with Crippen molar-refractivity contribution < 1.29 is 23.9 Å². The van der Waals surface area contributed by atoms with Gasteiger partial charge >= 0.3 is 0 Å². The third-order valence-corrected chi connectivity index (χ3v) is 6.15. The van der Waals surface area contributed by atoms with Crippen molar-refractivity contribution in [2.45, 2.75) is 12.3 Å². The van der Waals surface area contributed by atoms with Crippen molar-refractivity contribution >= 4 is 46.5 Å². The van der Waals surface area contributed by atoms with Crippen LogP contribution >= 0.6 is 11.8 Å². The first-order valence-electron chi connectivity index (χ1n) is 10.0. The van der Waals surface area contributed by atoms with Crippen molar-refractivity contribution in [2.75, 3.05) is 25.5 Å². The number of carbonyl (C=O) groups is 4. The fourth-order valence-electron chi connectivity index (χ4n) is 3.60. The molecule has 9 heteroatoms. The second-order valence-electron chi connectivity index (χ2n) is 7.29. The quantitative estimate of drug-likeness (QED) is 0.655. The Bertz CT molecular complexity index is 1110. The van der Waals surface area contributed by atoms with E-state index in [1.165, 1.54) is 0 Å². The van der Waals surface area contributed by atoms with Crippen molar-refractivity contribution in [3.8, 4) is 5.75 Å². The Labute approximate surface area is 189 Å². The van der Waals surface area contributed by atoms with E-state index in [0.717, 1.165) is 27.8 Å². The molecule has 32 heavy (non-hydrogen) atoms. The van der Waals surface area contributed by atoms with Crippen LogP contribution in [-0.2, 0) is 14.4 Å². The Morgan fingerprint density at radius 2 is 1.94 bits per heavy atom. The monoisotopic (exact) mass is 451 g/mol. The average molecular weight is 452 g/mol. The highest BCUT2D eigenvalue weighted by atomic mass is 32.2. The number of carbonyl (C=O) groups excluding carboxylic acids is 4. The van der Waals surface area contributed by atoms with E-state index in [4.69, 9.17) is 4.74 Å². The topological polar surface area (TPSA) is 105 Å². The first-order chi connectivity index (χ1) is 15.5. The fourth-order valence-corrected chi connectivity index (χ4v) is 4.47. The lowest BCUT2D eigenvalue weighted by Gasteiger charge is -2.25. The van der Waals surface area contributed by atoms with Gasteiger partial charge in [0.05, 0.1) is 17.9 Å². The van der Waals surface area contributed by atoms with E-state index in [0.29, 0.717) is 16.3 Å². The van der Waals surface area contributed by atoms with Gasteiger partial charge in [0, 0.05) is 25.2 Å². The summed E-state index contributed by atoms with van der Waals surface area (Å²) in [4.78, 5) is 51.0. The maximum atomic E-state index is 12.7. The molecule has 4 amide bonds. The summed E-state index contributed by atoms with van der Waals surface area (Å²) in [5.74, 6) is -0.840. The van der Waals surface area contributed by atoms with Gasteiger partial charge in [0.25, 0.3) is 11.1 Å². The molecule has 4 rings (SSSR count). The molecule has 0 bridgehead atoms. The molecule has 2 aliphatic rings. The number of benzene rings is 2. The summed E-state index contributed by atoms with van der Waals surface area (Å²) in [7, 11) is 1.57. The van der Waals surface area contributed by atoms with Crippen molar-refractivity contribution in [3.05, 3.63) is 64.6 Å². The molecule has 8 nitrogen and oxygen atoms in total. The normalized spacial score (nSPS) is 19.0. The van der Waals surface area contributed by atoms with Gasteiger partial charge in [0.15, 0.2) is 0 Å². The largest absolute Gasteiger partial charge is 0.497 e. The summed E-state index contributed by atoms with van der Waals surface area (Å²) in [6.45, 7) is 0.157. The number of hydrogen-bond acceptors (Lipinski definition) is 6. The molecule has 1 atom stereocenters. The van der Waals surface area contributed by atoms with E-state index >= 15 is 0 Å². The number of para-hydroxylation sites is 1. The summed E-state index contributed by atoms with van der Waals surface area (Å²) < 4.78 is 5.12. The van der Waals surface area contributed by atoms with Crippen LogP contribution in [0.1, 0.15) is 23.5 Å². The minimum Gasteiger partial charge on any atom is -0.497 e. The number of ether oxygens (including phenoxy) is 1. The van der Waals surface area contributed by atoms with Crippen molar-refractivity contribution in [1.82, 2.24) is 10.2 Å². The van der Waals surface area contributed by atoms with Gasteiger partial charge in [-0.05, 0) is 47.2 Å². The minimum absolute atomic E-state index is 0.0506. The van der Waals surface area contributed by atoms with Crippen LogP contribution in [0.5, 0.6) is 5.75 Å². The molecule has 1 saturated heterocycles. The number of imide groups is 1. The van der Waals surface area contributed by atoms with E-state index < -0.39 is 11.8 Å². The number of nitrogens with zero attached hydrogens (tertiary/aromatic N) is 1. The van der Waals surface area contributed by atoms with Crippen LogP contribution in [0, 0.1) is 0 Å². The predicted molar refractivity (Wildman–Crippen MR) is 121 cm³/mol. The molecule has 2 aliphatic heterocycles. The van der Waals surface area contributed by atoms with E-state index in [9.17, 15) is 19.2 Å². The lowest BCUT2D eigenvalue weighted by atomic mass is 9.90. The second-order valence-corrected chi connectivity index (χ2v) is 8.28. The SMILES string of the molecule is COc1ccc(/C=C2/SC(=O)N(CCNC(=O)C3CC(=O)Nc4ccccc43)C2=O)cc1. The molecule has 0 spiro atoms. The number of rotatable bonds is 6. The lowest BCUT2D eigenvalue weighted by Crippen LogP contribution is -2.40. The summed E-state index contributed by atoms with van der Waals surface area (Å²) in [6, 6.07) is 14.3. The highest BCUT2D eigenvalue weighted by molar-refractivity contribution is 8.18. The Morgan fingerprint density at radius 3 is 2.69 bits per heavy atom. The highest BCUT2D eigenvalue weighted by Crippen LogP contribution is 2.33. The summed E-state index contributed by atoms with van der Waals surface area (Å²) in [6.07, 6.45) is 1.70. The number of methoxy groups -OCH3 is 1. The van der Waals surface area contributed by atoms with Crippen LogP contribution in [-0.4, -0.2) is 48.1 Å². The third-order valence-electron chi connectivity index (χ3n) is 5.24. The number of anilines is 1. The van der Waals surface area contributed by atoms with Gasteiger partial charge in [-0.3, -0.25) is 24.1 Å². The number of thioether (sulfide) groups is 1. The van der Waals surface area contributed by atoms with Crippen molar-refractivity contribution in [3.63, 3.8) is 0 Å². The Hall–Kier alpha value is -3.59. The number of fused-ring (bicyclic) bond motifs is 1. The number of amides is 4. The third kappa shape index (κ3) is 4.52. The zero-order valence-electron chi connectivity index (χ0n) is 17.3. The number of nitrogens with one attached hydrogen (secondary N) is 2. The molecule has 2 aromatic carbocycles. The van der Waals surface area contributed by atoms with Gasteiger partial charge in [-0.2, -0.15) is 0 Å². The summed E-state index contributed by atoms with van der Waals surface area (Å²) >= 11 is 0.866. The molecule has 0 radical (unpaired) electrons. The molecule has 0 aliphatic carbocycles. The lowest BCUT2D eigenvalue weighted by molar-refractivity contribution is -0.126. The fraction of sp³-hybridized carbons (Fsp3) is 0.217. The Balaban J connectivity index is 1.36. The highest BCUT2D eigenvalue weighted by Gasteiger charge is 2.35. The maximum absolute atomic E-state index is 12.7.